The number of nitrogens with two attached hydrogens (primary N) is 1. The fourth-order valence-corrected chi connectivity index (χ4v) is 0.904. The van der Waals surface area contributed by atoms with E-state index in [9.17, 15) is 0 Å². The van der Waals surface area contributed by atoms with Crippen LogP contribution in [0.5, 0.6) is 0 Å². The lowest BCUT2D eigenvalue weighted by Gasteiger charge is -2.03. The van der Waals surface area contributed by atoms with Gasteiger partial charge < -0.3 is 11.1 Å². The predicted molar refractivity (Wildman–Crippen MR) is 51.6 cm³/mol. The fourth-order valence-electron chi connectivity index (χ4n) is 0.904. The van der Waals surface area contributed by atoms with E-state index in [1.165, 1.54) is 12.8 Å². The molecule has 1 aliphatic carbocycles. The lowest BCUT2D eigenvalue weighted by atomic mass is 10.2. The maximum Gasteiger partial charge on any atom is 0.0576 e. The minimum Gasteiger partial charge on any atom is -0.328 e. The van der Waals surface area contributed by atoms with Crippen molar-refractivity contribution in [2.24, 2.45) is 11.7 Å². The molecule has 2 heteroatoms. The van der Waals surface area contributed by atoms with Crippen LogP contribution in [0.25, 0.3) is 0 Å². The van der Waals surface area contributed by atoms with Crippen LogP contribution in [0.2, 0.25) is 0 Å². The highest BCUT2D eigenvalue weighted by Gasteiger charge is 2.17. The van der Waals surface area contributed by atoms with Crippen LogP contribution in [0.3, 0.4) is 0 Å². The molecule has 0 spiro atoms. The first-order chi connectivity index (χ1) is 5.79. The minimum atomic E-state index is 0.300. The molecule has 0 aromatic carbocycles. The molecule has 1 unspecified atom stereocenters. The molecule has 0 saturated heterocycles. The van der Waals surface area contributed by atoms with Gasteiger partial charge in [-0.3, -0.25) is 0 Å². The molecule has 0 aromatic rings. The molecule has 0 aliphatic heterocycles. The monoisotopic (exact) mass is 166 g/mol. The van der Waals surface area contributed by atoms with Gasteiger partial charge in [0, 0.05) is 12.0 Å². The molecule has 0 bridgehead atoms. The third kappa shape index (κ3) is 5.17. The summed E-state index contributed by atoms with van der Waals surface area (Å²) in [6, 6.07) is 0.300. The Bertz CT molecular complexity index is 172. The number of hydrogen-bond acceptors (Lipinski definition) is 2. The maximum atomic E-state index is 5.59. The fraction of sp³-hybridized carbons (Fsp3) is 0.800. The quantitative estimate of drug-likeness (QED) is 0.477. The van der Waals surface area contributed by atoms with Crippen molar-refractivity contribution in [3.8, 4) is 11.8 Å². The van der Waals surface area contributed by atoms with Gasteiger partial charge in [0.05, 0.1) is 6.54 Å². The van der Waals surface area contributed by atoms with Crippen LogP contribution in [0.15, 0.2) is 0 Å². The molecule has 12 heavy (non-hydrogen) atoms. The van der Waals surface area contributed by atoms with Crippen molar-refractivity contribution in [2.45, 2.75) is 32.2 Å². The summed E-state index contributed by atoms with van der Waals surface area (Å²) in [6.45, 7) is 3.83. The molecule has 0 heterocycles. The number of nitrogens with one attached hydrogen (secondary N) is 1. The van der Waals surface area contributed by atoms with Crippen molar-refractivity contribution >= 4 is 0 Å². The van der Waals surface area contributed by atoms with Crippen molar-refractivity contribution < 1.29 is 0 Å². The molecular weight excluding hydrogens is 148 g/mol. The Morgan fingerprint density at radius 1 is 1.58 bits per heavy atom. The standard InChI is InChI=1S/C10H18N2/c1-9(11)6-8-12-7-2-3-10-4-5-10/h9-10,12H,4-8,11H2,1H3. The largest absolute Gasteiger partial charge is 0.328 e. The van der Waals surface area contributed by atoms with Crippen LogP contribution < -0.4 is 11.1 Å². The Morgan fingerprint density at radius 2 is 2.33 bits per heavy atom. The van der Waals surface area contributed by atoms with E-state index in [0.717, 1.165) is 25.4 Å². The average molecular weight is 166 g/mol. The number of hydrogen-bond donors (Lipinski definition) is 2. The number of rotatable bonds is 4. The summed E-state index contributed by atoms with van der Waals surface area (Å²) in [7, 11) is 0. The topological polar surface area (TPSA) is 38.0 Å². The minimum absolute atomic E-state index is 0.300. The Labute approximate surface area is 74.9 Å². The molecule has 68 valence electrons. The molecule has 1 fully saturated rings. The summed E-state index contributed by atoms with van der Waals surface area (Å²) in [5.41, 5.74) is 5.59. The molecule has 0 amide bonds. The molecule has 1 atom stereocenters. The van der Waals surface area contributed by atoms with E-state index >= 15 is 0 Å². The molecule has 1 saturated carbocycles. The van der Waals surface area contributed by atoms with E-state index in [0.29, 0.717) is 6.04 Å². The summed E-state index contributed by atoms with van der Waals surface area (Å²) >= 11 is 0. The second kappa shape index (κ2) is 5.18. The van der Waals surface area contributed by atoms with Gasteiger partial charge in [0.2, 0.25) is 0 Å². The lowest BCUT2D eigenvalue weighted by Crippen LogP contribution is -2.24. The molecular formula is C10H18N2. The van der Waals surface area contributed by atoms with Gasteiger partial charge in [-0.1, -0.05) is 11.8 Å². The third-order valence-electron chi connectivity index (χ3n) is 1.87. The first-order valence-electron chi connectivity index (χ1n) is 4.73. The zero-order valence-electron chi connectivity index (χ0n) is 7.77. The Balaban J connectivity index is 1.86. The van der Waals surface area contributed by atoms with E-state index < -0.39 is 0 Å². The highest BCUT2D eigenvalue weighted by molar-refractivity contribution is 5.09. The van der Waals surface area contributed by atoms with E-state index in [4.69, 9.17) is 5.73 Å². The van der Waals surface area contributed by atoms with E-state index in [1.807, 2.05) is 6.92 Å². The van der Waals surface area contributed by atoms with Crippen molar-refractivity contribution in [3.63, 3.8) is 0 Å². The summed E-state index contributed by atoms with van der Waals surface area (Å²) in [5, 5.41) is 3.25. The molecule has 0 radical (unpaired) electrons. The van der Waals surface area contributed by atoms with Gasteiger partial charge in [0.1, 0.15) is 0 Å². The van der Waals surface area contributed by atoms with Crippen LogP contribution >= 0.6 is 0 Å². The van der Waals surface area contributed by atoms with Crippen molar-refractivity contribution in [2.75, 3.05) is 13.1 Å². The summed E-state index contributed by atoms with van der Waals surface area (Å²) in [5.74, 6) is 7.04. The van der Waals surface area contributed by atoms with Gasteiger partial charge in [-0.05, 0) is 32.7 Å². The molecule has 1 aliphatic rings. The van der Waals surface area contributed by atoms with Gasteiger partial charge in [-0.15, -0.1) is 0 Å². The smallest absolute Gasteiger partial charge is 0.0576 e. The van der Waals surface area contributed by atoms with Gasteiger partial charge in [0.25, 0.3) is 0 Å². The second-order valence-electron chi connectivity index (χ2n) is 3.54. The normalized spacial score (nSPS) is 18.2. The van der Waals surface area contributed by atoms with Crippen molar-refractivity contribution in [3.05, 3.63) is 0 Å². The predicted octanol–water partition coefficient (Wildman–Crippen LogP) is 0.727. The van der Waals surface area contributed by atoms with E-state index in [-0.39, 0.29) is 0 Å². The maximum absolute atomic E-state index is 5.59. The summed E-state index contributed by atoms with van der Waals surface area (Å²) in [6.07, 6.45) is 3.66. The van der Waals surface area contributed by atoms with E-state index in [2.05, 4.69) is 17.2 Å². The van der Waals surface area contributed by atoms with Crippen LogP contribution in [0.1, 0.15) is 26.2 Å². The lowest BCUT2D eigenvalue weighted by molar-refractivity contribution is 0.615. The van der Waals surface area contributed by atoms with Gasteiger partial charge in [-0.2, -0.15) is 0 Å². The van der Waals surface area contributed by atoms with Crippen LogP contribution in [0.4, 0.5) is 0 Å². The molecule has 0 aromatic heterocycles. The van der Waals surface area contributed by atoms with Crippen LogP contribution in [-0.4, -0.2) is 19.1 Å². The highest BCUT2D eigenvalue weighted by Crippen LogP contribution is 2.27. The Hall–Kier alpha value is -0.520. The highest BCUT2D eigenvalue weighted by atomic mass is 14.8. The van der Waals surface area contributed by atoms with Gasteiger partial charge in [-0.25, -0.2) is 0 Å². The zero-order valence-corrected chi connectivity index (χ0v) is 7.77. The zero-order chi connectivity index (χ0) is 8.81. The first-order valence-corrected chi connectivity index (χ1v) is 4.73. The SMILES string of the molecule is CC(N)CCNCC#CC1CC1. The molecule has 1 rings (SSSR count). The Morgan fingerprint density at radius 3 is 2.92 bits per heavy atom. The van der Waals surface area contributed by atoms with Crippen LogP contribution in [0, 0.1) is 17.8 Å². The van der Waals surface area contributed by atoms with Gasteiger partial charge >= 0.3 is 0 Å². The third-order valence-corrected chi connectivity index (χ3v) is 1.87. The summed E-state index contributed by atoms with van der Waals surface area (Å²) in [4.78, 5) is 0. The Kier molecular flexibility index (Phi) is 4.13. The van der Waals surface area contributed by atoms with Crippen molar-refractivity contribution in [1.29, 1.82) is 0 Å². The first kappa shape index (κ1) is 9.57. The van der Waals surface area contributed by atoms with Crippen molar-refractivity contribution in [1.82, 2.24) is 5.32 Å². The molecule has 3 N–H and O–H groups in total. The van der Waals surface area contributed by atoms with Gasteiger partial charge in [0.15, 0.2) is 0 Å². The summed E-state index contributed by atoms with van der Waals surface area (Å²) < 4.78 is 0. The second-order valence-corrected chi connectivity index (χ2v) is 3.54. The van der Waals surface area contributed by atoms with Crippen LogP contribution in [-0.2, 0) is 0 Å². The van der Waals surface area contributed by atoms with E-state index in [1.54, 1.807) is 0 Å². The average Bonchev–Trinajstić information content (AvgIpc) is 2.79. The molecule has 2 nitrogen and oxygen atoms in total.